The van der Waals surface area contributed by atoms with Crippen molar-refractivity contribution in [3.05, 3.63) is 29.6 Å². The molecule has 1 saturated carbocycles. The Morgan fingerprint density at radius 2 is 2.09 bits per heavy atom. The van der Waals surface area contributed by atoms with E-state index in [2.05, 4.69) is 29.0 Å². The molecular weight excluding hydrogens is 290 g/mol. The molecule has 2 heterocycles. The lowest BCUT2D eigenvalue weighted by atomic mass is 9.87. The molecule has 126 valence electrons. The molecule has 2 fully saturated rings. The van der Waals surface area contributed by atoms with Gasteiger partial charge in [0.15, 0.2) is 0 Å². The molecule has 23 heavy (non-hydrogen) atoms. The Hall–Kier alpha value is -1.46. The topological polar surface area (TPSA) is 54.5 Å². The number of hydrogen-bond acceptors (Lipinski definition) is 4. The van der Waals surface area contributed by atoms with Gasteiger partial charge >= 0.3 is 0 Å². The number of rotatable bonds is 6. The number of ether oxygens (including phenoxy) is 1. The van der Waals surface area contributed by atoms with E-state index in [0.29, 0.717) is 12.2 Å². The Balaban J connectivity index is 1.50. The van der Waals surface area contributed by atoms with Gasteiger partial charge in [-0.3, -0.25) is 14.7 Å². The molecule has 5 nitrogen and oxygen atoms in total. The van der Waals surface area contributed by atoms with Gasteiger partial charge < -0.3 is 10.1 Å². The van der Waals surface area contributed by atoms with Crippen LogP contribution in [0.3, 0.4) is 0 Å². The summed E-state index contributed by atoms with van der Waals surface area (Å²) in [6.07, 6.45) is 4.39. The Morgan fingerprint density at radius 3 is 2.70 bits per heavy atom. The summed E-state index contributed by atoms with van der Waals surface area (Å²) in [6, 6.07) is 3.83. The zero-order valence-electron chi connectivity index (χ0n) is 14.2. The van der Waals surface area contributed by atoms with Crippen LogP contribution in [-0.2, 0) is 11.3 Å². The van der Waals surface area contributed by atoms with E-state index in [9.17, 15) is 4.79 Å². The van der Waals surface area contributed by atoms with Crippen molar-refractivity contribution >= 4 is 5.91 Å². The Morgan fingerprint density at radius 1 is 1.35 bits per heavy atom. The van der Waals surface area contributed by atoms with Crippen molar-refractivity contribution in [2.45, 2.75) is 33.2 Å². The van der Waals surface area contributed by atoms with E-state index in [4.69, 9.17) is 4.74 Å². The highest BCUT2D eigenvalue weighted by Gasteiger charge is 2.37. The van der Waals surface area contributed by atoms with E-state index in [-0.39, 0.29) is 11.3 Å². The maximum absolute atomic E-state index is 12.2. The van der Waals surface area contributed by atoms with E-state index in [1.807, 2.05) is 18.3 Å². The molecule has 1 aliphatic carbocycles. The summed E-state index contributed by atoms with van der Waals surface area (Å²) in [5.41, 5.74) is 1.83. The molecule has 1 aliphatic heterocycles. The Bertz CT molecular complexity index is 532. The number of pyridine rings is 1. The largest absolute Gasteiger partial charge is 0.379 e. The van der Waals surface area contributed by atoms with Crippen LogP contribution in [-0.4, -0.2) is 48.6 Å². The molecule has 1 N–H and O–H groups in total. The second-order valence-corrected chi connectivity index (χ2v) is 7.39. The normalized spacial score (nSPS) is 19.6. The predicted molar refractivity (Wildman–Crippen MR) is 89.2 cm³/mol. The number of carbonyl (C=O) groups is 1. The lowest BCUT2D eigenvalue weighted by Gasteiger charge is -2.26. The van der Waals surface area contributed by atoms with Crippen molar-refractivity contribution < 1.29 is 9.53 Å². The van der Waals surface area contributed by atoms with Gasteiger partial charge in [0.1, 0.15) is 5.69 Å². The van der Waals surface area contributed by atoms with Crippen molar-refractivity contribution in [3.63, 3.8) is 0 Å². The van der Waals surface area contributed by atoms with Crippen LogP contribution in [0, 0.1) is 11.3 Å². The van der Waals surface area contributed by atoms with Gasteiger partial charge in [-0.2, -0.15) is 0 Å². The van der Waals surface area contributed by atoms with Crippen LogP contribution in [0.4, 0.5) is 0 Å². The van der Waals surface area contributed by atoms with Gasteiger partial charge in [-0.25, -0.2) is 0 Å². The number of nitrogens with zero attached hydrogens (tertiary/aromatic N) is 2. The molecule has 0 atom stereocenters. The van der Waals surface area contributed by atoms with Gasteiger partial charge in [0, 0.05) is 32.4 Å². The quantitative estimate of drug-likeness (QED) is 0.873. The summed E-state index contributed by atoms with van der Waals surface area (Å²) in [4.78, 5) is 18.9. The SMILES string of the molecule is CC(C)(CNC(=O)c1ccc(CN2CCOCC2)cn1)C1CC1. The van der Waals surface area contributed by atoms with Crippen molar-refractivity contribution in [2.75, 3.05) is 32.8 Å². The molecule has 5 heteroatoms. The minimum atomic E-state index is -0.0725. The highest BCUT2D eigenvalue weighted by molar-refractivity contribution is 5.92. The fraction of sp³-hybridized carbons (Fsp3) is 0.667. The van der Waals surface area contributed by atoms with Crippen molar-refractivity contribution in [2.24, 2.45) is 11.3 Å². The van der Waals surface area contributed by atoms with Crippen molar-refractivity contribution in [3.8, 4) is 0 Å². The van der Waals surface area contributed by atoms with Crippen LogP contribution in [0.1, 0.15) is 42.7 Å². The molecular formula is C18H27N3O2. The number of aromatic nitrogens is 1. The average molecular weight is 317 g/mol. The molecule has 1 saturated heterocycles. The first-order valence-corrected chi connectivity index (χ1v) is 8.58. The van der Waals surface area contributed by atoms with Gasteiger partial charge in [-0.05, 0) is 35.8 Å². The standard InChI is InChI=1S/C18H27N3O2/c1-18(2,15-4-5-15)13-20-17(22)16-6-3-14(11-19-16)12-21-7-9-23-10-8-21/h3,6,11,15H,4-5,7-10,12-13H2,1-2H3,(H,20,22). The van der Waals surface area contributed by atoms with Gasteiger partial charge in [0.2, 0.25) is 0 Å². The number of nitrogens with one attached hydrogen (secondary N) is 1. The third kappa shape index (κ3) is 4.52. The van der Waals surface area contributed by atoms with Crippen LogP contribution in [0.2, 0.25) is 0 Å². The number of carbonyl (C=O) groups excluding carboxylic acids is 1. The minimum absolute atomic E-state index is 0.0725. The van der Waals surface area contributed by atoms with E-state index < -0.39 is 0 Å². The zero-order valence-corrected chi connectivity index (χ0v) is 14.2. The van der Waals surface area contributed by atoms with Crippen LogP contribution in [0.5, 0.6) is 0 Å². The van der Waals surface area contributed by atoms with Crippen LogP contribution in [0.25, 0.3) is 0 Å². The Labute approximate surface area is 138 Å². The Kier molecular flexibility index (Phi) is 4.97. The van der Waals surface area contributed by atoms with Gasteiger partial charge in [0.05, 0.1) is 13.2 Å². The van der Waals surface area contributed by atoms with Crippen molar-refractivity contribution in [1.82, 2.24) is 15.2 Å². The van der Waals surface area contributed by atoms with Gasteiger partial charge in [-0.1, -0.05) is 19.9 Å². The molecule has 0 unspecified atom stereocenters. The monoisotopic (exact) mass is 317 g/mol. The molecule has 0 radical (unpaired) electrons. The van der Waals surface area contributed by atoms with Crippen LogP contribution >= 0.6 is 0 Å². The molecule has 2 aliphatic rings. The van der Waals surface area contributed by atoms with Gasteiger partial charge in [-0.15, -0.1) is 0 Å². The molecule has 3 rings (SSSR count). The number of hydrogen-bond donors (Lipinski definition) is 1. The average Bonchev–Trinajstić information content (AvgIpc) is 3.40. The molecule has 1 amide bonds. The van der Waals surface area contributed by atoms with E-state index in [1.165, 1.54) is 12.8 Å². The van der Waals surface area contributed by atoms with Crippen molar-refractivity contribution in [1.29, 1.82) is 0 Å². The lowest BCUT2D eigenvalue weighted by Crippen LogP contribution is -2.36. The highest BCUT2D eigenvalue weighted by Crippen LogP contribution is 2.44. The summed E-state index contributed by atoms with van der Waals surface area (Å²) in [5.74, 6) is 0.684. The molecule has 0 aromatic carbocycles. The first kappa shape index (κ1) is 16.4. The first-order valence-electron chi connectivity index (χ1n) is 8.58. The fourth-order valence-corrected chi connectivity index (χ4v) is 3.08. The minimum Gasteiger partial charge on any atom is -0.379 e. The van der Waals surface area contributed by atoms with Gasteiger partial charge in [0.25, 0.3) is 5.91 Å². The predicted octanol–water partition coefficient (Wildman–Crippen LogP) is 2.08. The number of amides is 1. The summed E-state index contributed by atoms with van der Waals surface area (Å²) in [7, 11) is 0. The summed E-state index contributed by atoms with van der Waals surface area (Å²) in [6.45, 7) is 9.54. The number of morpholine rings is 1. The smallest absolute Gasteiger partial charge is 0.269 e. The molecule has 1 aromatic heterocycles. The molecule has 0 spiro atoms. The highest BCUT2D eigenvalue weighted by atomic mass is 16.5. The zero-order chi connectivity index (χ0) is 16.3. The summed E-state index contributed by atoms with van der Waals surface area (Å²) in [5, 5.41) is 3.03. The maximum atomic E-state index is 12.2. The van der Waals surface area contributed by atoms with E-state index in [1.54, 1.807) is 0 Å². The molecule has 1 aromatic rings. The fourth-order valence-electron chi connectivity index (χ4n) is 3.08. The lowest BCUT2D eigenvalue weighted by molar-refractivity contribution is 0.0341. The third-order valence-corrected chi connectivity index (χ3v) is 4.95. The second kappa shape index (κ2) is 6.97. The second-order valence-electron chi connectivity index (χ2n) is 7.39. The molecule has 0 bridgehead atoms. The van der Waals surface area contributed by atoms with E-state index in [0.717, 1.165) is 44.3 Å². The summed E-state index contributed by atoms with van der Waals surface area (Å²) >= 11 is 0. The van der Waals surface area contributed by atoms with E-state index >= 15 is 0 Å². The van der Waals surface area contributed by atoms with Crippen LogP contribution in [0.15, 0.2) is 18.3 Å². The van der Waals surface area contributed by atoms with Crippen LogP contribution < -0.4 is 5.32 Å². The summed E-state index contributed by atoms with van der Waals surface area (Å²) < 4.78 is 5.35. The first-order chi connectivity index (χ1) is 11.0. The third-order valence-electron chi connectivity index (χ3n) is 4.95. The maximum Gasteiger partial charge on any atom is 0.269 e.